The average molecular weight is 421 g/mol. The third-order valence-electron chi connectivity index (χ3n) is 3.16. The average Bonchev–Trinajstić information content (AvgIpc) is 2.81. The molecular formula is C16H10Cl2F3Zr. The van der Waals surface area contributed by atoms with Crippen molar-refractivity contribution < 1.29 is 64.2 Å². The summed E-state index contributed by atoms with van der Waals surface area (Å²) >= 11 is 0. The van der Waals surface area contributed by atoms with Gasteiger partial charge < -0.3 is 24.8 Å². The van der Waals surface area contributed by atoms with E-state index in [4.69, 9.17) is 0 Å². The van der Waals surface area contributed by atoms with E-state index in [0.29, 0.717) is 0 Å². The minimum absolute atomic E-state index is 0. The number of hydrogen-bond donors (Lipinski definition) is 0. The maximum absolute atomic E-state index is 12.5. The van der Waals surface area contributed by atoms with Crippen LogP contribution in [0.25, 0.3) is 21.9 Å². The standard InChI is InChI=1S/C16H10F3.2ClH.Zr/c17-16(18,19)15-7-5-11(6-8-15)14-9-12-3-1-2-4-13(12)10-14;;;/h1-10H;2*1H;/q-1;;;+3/p-2. The van der Waals surface area contributed by atoms with Crippen LogP contribution in [0, 0.1) is 0 Å². The van der Waals surface area contributed by atoms with Gasteiger partial charge in [-0.15, -0.1) is 34.5 Å². The summed E-state index contributed by atoms with van der Waals surface area (Å²) in [5.41, 5.74) is 1.12. The molecule has 0 saturated heterocycles. The minimum atomic E-state index is -4.28. The van der Waals surface area contributed by atoms with Gasteiger partial charge in [-0.25, -0.2) is 0 Å². The predicted octanol–water partition coefficient (Wildman–Crippen LogP) is -0.750. The van der Waals surface area contributed by atoms with Crippen molar-refractivity contribution in [3.05, 3.63) is 66.2 Å². The fourth-order valence-electron chi connectivity index (χ4n) is 2.17. The molecule has 0 fully saturated rings. The Kier molecular flexibility index (Phi) is 7.98. The van der Waals surface area contributed by atoms with Crippen molar-refractivity contribution in [2.45, 2.75) is 6.18 Å². The molecule has 0 aromatic heterocycles. The maximum Gasteiger partial charge on any atom is 3.00 e. The number of alkyl halides is 3. The molecular weight excluding hydrogens is 411 g/mol. The molecule has 6 heteroatoms. The summed E-state index contributed by atoms with van der Waals surface area (Å²) in [4.78, 5) is 0. The number of halogens is 5. The summed E-state index contributed by atoms with van der Waals surface area (Å²) in [6.07, 6.45) is -4.28. The summed E-state index contributed by atoms with van der Waals surface area (Å²) in [6.45, 7) is 0. The molecule has 22 heavy (non-hydrogen) atoms. The Labute approximate surface area is 158 Å². The zero-order valence-electron chi connectivity index (χ0n) is 11.2. The van der Waals surface area contributed by atoms with Gasteiger partial charge in [-0.2, -0.15) is 13.2 Å². The topological polar surface area (TPSA) is 0 Å². The van der Waals surface area contributed by atoms with Gasteiger partial charge in [0.2, 0.25) is 0 Å². The fraction of sp³-hybridized carbons (Fsp3) is 0.0625. The maximum atomic E-state index is 12.5. The molecule has 0 aliphatic heterocycles. The van der Waals surface area contributed by atoms with Crippen LogP contribution in [0.3, 0.4) is 0 Å². The quantitative estimate of drug-likeness (QED) is 0.454. The van der Waals surface area contributed by atoms with E-state index in [1.165, 1.54) is 12.1 Å². The Hall–Kier alpha value is -0.697. The van der Waals surface area contributed by atoms with Gasteiger partial charge >= 0.3 is 32.4 Å². The second-order valence-electron chi connectivity index (χ2n) is 4.45. The molecule has 0 aliphatic carbocycles. The summed E-state index contributed by atoms with van der Waals surface area (Å²) in [5, 5.41) is 2.19. The first-order valence-corrected chi connectivity index (χ1v) is 5.87. The summed E-state index contributed by atoms with van der Waals surface area (Å²) in [7, 11) is 0. The Balaban J connectivity index is 0.00000147. The second-order valence-corrected chi connectivity index (χ2v) is 4.45. The Morgan fingerprint density at radius 1 is 0.818 bits per heavy atom. The molecule has 1 radical (unpaired) electrons. The molecule has 0 nitrogen and oxygen atoms in total. The van der Waals surface area contributed by atoms with Crippen LogP contribution < -0.4 is 24.8 Å². The van der Waals surface area contributed by atoms with E-state index in [2.05, 4.69) is 0 Å². The van der Waals surface area contributed by atoms with Gasteiger partial charge in [-0.05, 0) is 0 Å². The van der Waals surface area contributed by atoms with Gasteiger partial charge in [0.1, 0.15) is 0 Å². The van der Waals surface area contributed by atoms with Gasteiger partial charge in [0.05, 0.1) is 5.56 Å². The summed E-state index contributed by atoms with van der Waals surface area (Å²) in [5.74, 6) is 0. The van der Waals surface area contributed by atoms with Gasteiger partial charge in [-0.3, -0.25) is 0 Å². The van der Waals surface area contributed by atoms with Gasteiger partial charge in [0, 0.05) is 0 Å². The molecule has 0 saturated carbocycles. The molecule has 3 aromatic rings. The molecule has 0 unspecified atom stereocenters. The normalized spacial score (nSPS) is 10.3. The molecule has 3 aromatic carbocycles. The van der Waals surface area contributed by atoms with Crippen molar-refractivity contribution in [2.75, 3.05) is 0 Å². The van der Waals surface area contributed by atoms with Crippen LogP contribution in [0.15, 0.2) is 60.7 Å². The van der Waals surface area contributed by atoms with Crippen LogP contribution in [-0.2, 0) is 32.4 Å². The number of fused-ring (bicyclic) bond motifs is 1. The van der Waals surface area contributed by atoms with Crippen molar-refractivity contribution >= 4 is 10.8 Å². The van der Waals surface area contributed by atoms with E-state index in [1.807, 2.05) is 36.4 Å². The summed E-state index contributed by atoms with van der Waals surface area (Å²) < 4.78 is 37.5. The van der Waals surface area contributed by atoms with Crippen molar-refractivity contribution in [1.29, 1.82) is 0 Å². The first kappa shape index (κ1) is 21.3. The number of rotatable bonds is 1. The van der Waals surface area contributed by atoms with Crippen LogP contribution in [0.5, 0.6) is 0 Å². The largest absolute Gasteiger partial charge is 3.00 e. The van der Waals surface area contributed by atoms with Gasteiger partial charge in [0.25, 0.3) is 0 Å². The van der Waals surface area contributed by atoms with E-state index < -0.39 is 11.7 Å². The fourth-order valence-corrected chi connectivity index (χ4v) is 2.17. The smallest absolute Gasteiger partial charge is 1.00 e. The monoisotopic (exact) mass is 419 g/mol. The Morgan fingerprint density at radius 3 is 1.95 bits per heavy atom. The first-order valence-electron chi connectivity index (χ1n) is 5.87. The van der Waals surface area contributed by atoms with Crippen LogP contribution in [-0.4, -0.2) is 0 Å². The zero-order valence-corrected chi connectivity index (χ0v) is 15.1. The van der Waals surface area contributed by atoms with Crippen LogP contribution in [0.1, 0.15) is 5.56 Å². The number of benzene rings is 2. The molecule has 0 spiro atoms. The SMILES string of the molecule is FC(F)(F)c1ccc(-c2cc3ccccc3[cH-]2)cc1.[Cl-].[Cl-].[Zr+3]. The van der Waals surface area contributed by atoms with Crippen molar-refractivity contribution in [1.82, 2.24) is 0 Å². The molecule has 113 valence electrons. The third kappa shape index (κ3) is 4.41. The Morgan fingerprint density at radius 2 is 1.41 bits per heavy atom. The van der Waals surface area contributed by atoms with Crippen molar-refractivity contribution in [3.8, 4) is 11.1 Å². The van der Waals surface area contributed by atoms with Crippen molar-refractivity contribution in [2.24, 2.45) is 0 Å². The van der Waals surface area contributed by atoms with Gasteiger partial charge in [-0.1, -0.05) is 48.0 Å². The van der Waals surface area contributed by atoms with Crippen LogP contribution >= 0.6 is 0 Å². The van der Waals surface area contributed by atoms with E-state index in [0.717, 1.165) is 34.0 Å². The molecule has 0 atom stereocenters. The van der Waals surface area contributed by atoms with E-state index in [9.17, 15) is 13.2 Å². The van der Waals surface area contributed by atoms with Gasteiger partial charge in [0.15, 0.2) is 0 Å². The number of hydrogen-bond acceptors (Lipinski definition) is 0. The first-order chi connectivity index (χ1) is 9.04. The third-order valence-corrected chi connectivity index (χ3v) is 3.16. The zero-order chi connectivity index (χ0) is 13.5. The second kappa shape index (κ2) is 8.24. The van der Waals surface area contributed by atoms with Crippen LogP contribution in [0.4, 0.5) is 13.2 Å². The molecule has 0 heterocycles. The van der Waals surface area contributed by atoms with E-state index in [1.54, 1.807) is 0 Å². The molecule has 0 aliphatic rings. The molecule has 0 N–H and O–H groups in total. The van der Waals surface area contributed by atoms with Crippen molar-refractivity contribution in [3.63, 3.8) is 0 Å². The Bertz CT molecular complexity index is 685. The van der Waals surface area contributed by atoms with E-state index >= 15 is 0 Å². The molecule has 0 amide bonds. The summed E-state index contributed by atoms with van der Waals surface area (Å²) in [6, 6.07) is 17.1. The molecule has 3 rings (SSSR count). The van der Waals surface area contributed by atoms with Crippen LogP contribution in [0.2, 0.25) is 0 Å². The molecule has 0 bridgehead atoms. The predicted molar refractivity (Wildman–Crippen MR) is 70.0 cm³/mol. The van der Waals surface area contributed by atoms with E-state index in [-0.39, 0.29) is 51.0 Å². The minimum Gasteiger partial charge on any atom is -1.00 e.